The molecular weight excluding hydrogens is 428 g/mol. The number of nitrogens with one attached hydrogen (secondary N) is 2. The Morgan fingerprint density at radius 2 is 1.38 bits per heavy atom. The highest BCUT2D eigenvalue weighted by Crippen LogP contribution is 2.46. The van der Waals surface area contributed by atoms with E-state index in [0.29, 0.717) is 42.4 Å². The first kappa shape index (κ1) is 25.6. The van der Waals surface area contributed by atoms with Gasteiger partial charge >= 0.3 is 0 Å². The summed E-state index contributed by atoms with van der Waals surface area (Å²) in [6.45, 7) is 12.0. The molecule has 1 fully saturated rings. The van der Waals surface area contributed by atoms with E-state index in [1.807, 2.05) is 50.2 Å². The van der Waals surface area contributed by atoms with Crippen molar-refractivity contribution >= 4 is 11.8 Å². The molecule has 0 radical (unpaired) electrons. The van der Waals surface area contributed by atoms with Crippen LogP contribution in [-0.2, 0) is 0 Å². The molecule has 0 bridgehead atoms. The molecule has 1 aliphatic carbocycles. The number of carbonyl (C=O) groups excluding carboxylic acids is 2. The van der Waals surface area contributed by atoms with Crippen molar-refractivity contribution in [2.24, 2.45) is 10.8 Å². The minimum absolute atomic E-state index is 0.00328. The second kappa shape index (κ2) is 10.9. The molecule has 1 saturated carbocycles. The number of amides is 2. The van der Waals surface area contributed by atoms with Gasteiger partial charge < -0.3 is 20.1 Å². The van der Waals surface area contributed by atoms with Gasteiger partial charge in [-0.2, -0.15) is 0 Å². The largest absolute Gasteiger partial charge is 0.493 e. The molecule has 34 heavy (non-hydrogen) atoms. The SMILES string of the molecule is CCOc1ccccc1C(=O)NCC1(C)CC(NC(=O)c2ccccc2OCC)CC(C)(C)C1. The fraction of sp³-hybridized carbons (Fsp3) is 0.500. The molecule has 2 atom stereocenters. The summed E-state index contributed by atoms with van der Waals surface area (Å²) in [4.78, 5) is 26.1. The number of benzene rings is 2. The van der Waals surface area contributed by atoms with Gasteiger partial charge in [0.2, 0.25) is 0 Å². The number of para-hydroxylation sites is 2. The van der Waals surface area contributed by atoms with Crippen LogP contribution in [0.5, 0.6) is 11.5 Å². The second-order valence-corrected chi connectivity index (χ2v) is 10.3. The van der Waals surface area contributed by atoms with Crippen LogP contribution in [0.15, 0.2) is 48.5 Å². The third-order valence-corrected chi connectivity index (χ3v) is 6.32. The normalized spacial score (nSPS) is 21.4. The van der Waals surface area contributed by atoms with E-state index in [2.05, 4.69) is 31.4 Å². The van der Waals surface area contributed by atoms with E-state index in [1.165, 1.54) is 0 Å². The summed E-state index contributed by atoms with van der Waals surface area (Å²) in [5, 5.41) is 6.36. The van der Waals surface area contributed by atoms with E-state index >= 15 is 0 Å². The lowest BCUT2D eigenvalue weighted by molar-refractivity contribution is 0.0590. The fourth-order valence-corrected chi connectivity index (χ4v) is 5.39. The van der Waals surface area contributed by atoms with Gasteiger partial charge in [-0.05, 0) is 68.2 Å². The number of rotatable bonds is 9. The van der Waals surface area contributed by atoms with E-state index < -0.39 is 0 Å². The van der Waals surface area contributed by atoms with Crippen molar-refractivity contribution in [3.63, 3.8) is 0 Å². The molecule has 0 aliphatic heterocycles. The first-order valence-electron chi connectivity index (χ1n) is 12.2. The van der Waals surface area contributed by atoms with Gasteiger partial charge in [-0.3, -0.25) is 9.59 Å². The summed E-state index contributed by atoms with van der Waals surface area (Å²) in [5.41, 5.74) is 0.962. The summed E-state index contributed by atoms with van der Waals surface area (Å²) >= 11 is 0. The third kappa shape index (κ3) is 6.52. The van der Waals surface area contributed by atoms with Crippen molar-refractivity contribution < 1.29 is 19.1 Å². The zero-order valence-electron chi connectivity index (χ0n) is 21.1. The zero-order valence-corrected chi connectivity index (χ0v) is 21.1. The highest BCUT2D eigenvalue weighted by Gasteiger charge is 2.42. The Labute approximate surface area is 203 Å². The van der Waals surface area contributed by atoms with Crippen LogP contribution in [0.4, 0.5) is 0 Å². The predicted molar refractivity (Wildman–Crippen MR) is 135 cm³/mol. The maximum absolute atomic E-state index is 13.1. The van der Waals surface area contributed by atoms with Crippen molar-refractivity contribution in [3.05, 3.63) is 59.7 Å². The summed E-state index contributed by atoms with van der Waals surface area (Å²) in [6, 6.07) is 14.6. The van der Waals surface area contributed by atoms with Gasteiger partial charge in [0.1, 0.15) is 11.5 Å². The first-order chi connectivity index (χ1) is 16.2. The highest BCUT2D eigenvalue weighted by molar-refractivity contribution is 5.97. The quantitative estimate of drug-likeness (QED) is 0.531. The fourth-order valence-electron chi connectivity index (χ4n) is 5.39. The molecule has 0 aromatic heterocycles. The third-order valence-electron chi connectivity index (χ3n) is 6.32. The molecule has 0 spiro atoms. The maximum Gasteiger partial charge on any atom is 0.255 e. The summed E-state index contributed by atoms with van der Waals surface area (Å²) in [7, 11) is 0. The van der Waals surface area contributed by atoms with Crippen molar-refractivity contribution in [1.82, 2.24) is 10.6 Å². The zero-order chi connectivity index (χ0) is 24.8. The van der Waals surface area contributed by atoms with E-state index in [4.69, 9.17) is 9.47 Å². The number of ether oxygens (including phenoxy) is 2. The van der Waals surface area contributed by atoms with Gasteiger partial charge in [-0.1, -0.05) is 45.0 Å². The Bertz CT molecular complexity index is 1000. The summed E-state index contributed by atoms with van der Waals surface area (Å²) < 4.78 is 11.3. The number of carbonyl (C=O) groups is 2. The molecule has 2 aromatic rings. The lowest BCUT2D eigenvalue weighted by atomic mass is 9.62. The maximum atomic E-state index is 13.1. The lowest BCUT2D eigenvalue weighted by Gasteiger charge is -2.47. The molecule has 2 aromatic carbocycles. The van der Waals surface area contributed by atoms with Crippen molar-refractivity contribution in [1.29, 1.82) is 0 Å². The Morgan fingerprint density at radius 3 is 1.94 bits per heavy atom. The van der Waals surface area contributed by atoms with Gasteiger partial charge in [0.15, 0.2) is 0 Å². The minimum Gasteiger partial charge on any atom is -0.493 e. The topological polar surface area (TPSA) is 76.7 Å². The summed E-state index contributed by atoms with van der Waals surface area (Å²) in [6.07, 6.45) is 2.62. The van der Waals surface area contributed by atoms with Crippen LogP contribution in [0.2, 0.25) is 0 Å². The highest BCUT2D eigenvalue weighted by atomic mass is 16.5. The van der Waals surface area contributed by atoms with Gasteiger partial charge in [0.25, 0.3) is 11.8 Å². The molecule has 3 rings (SSSR count). The Kier molecular flexibility index (Phi) is 8.24. The van der Waals surface area contributed by atoms with Crippen LogP contribution in [0.25, 0.3) is 0 Å². The van der Waals surface area contributed by atoms with Crippen LogP contribution in [0.3, 0.4) is 0 Å². The Balaban J connectivity index is 1.69. The van der Waals surface area contributed by atoms with E-state index in [-0.39, 0.29) is 28.7 Å². The van der Waals surface area contributed by atoms with Gasteiger partial charge in [0.05, 0.1) is 24.3 Å². The standard InChI is InChI=1S/C28H38N2O4/c1-6-33-23-14-10-8-12-21(23)25(31)29-19-28(5)17-20(16-27(3,4)18-28)30-26(32)22-13-9-11-15-24(22)34-7-2/h8-15,20H,6-7,16-19H2,1-5H3,(H,29,31)(H,30,32). The molecule has 6 heteroatoms. The lowest BCUT2D eigenvalue weighted by Crippen LogP contribution is -2.50. The van der Waals surface area contributed by atoms with Crippen LogP contribution in [-0.4, -0.2) is 37.6 Å². The van der Waals surface area contributed by atoms with Crippen molar-refractivity contribution in [3.8, 4) is 11.5 Å². The molecule has 2 amide bonds. The van der Waals surface area contributed by atoms with Crippen LogP contribution >= 0.6 is 0 Å². The van der Waals surface area contributed by atoms with Crippen LogP contribution in [0, 0.1) is 10.8 Å². The molecule has 0 heterocycles. The molecule has 2 N–H and O–H groups in total. The van der Waals surface area contributed by atoms with E-state index in [0.717, 1.165) is 19.3 Å². The number of hydrogen-bond acceptors (Lipinski definition) is 4. The number of hydrogen-bond donors (Lipinski definition) is 2. The molecule has 1 aliphatic rings. The minimum atomic E-state index is -0.157. The van der Waals surface area contributed by atoms with Crippen molar-refractivity contribution in [2.45, 2.75) is 59.9 Å². The van der Waals surface area contributed by atoms with E-state index in [9.17, 15) is 9.59 Å². The monoisotopic (exact) mass is 466 g/mol. The Morgan fingerprint density at radius 1 is 0.853 bits per heavy atom. The van der Waals surface area contributed by atoms with Gasteiger partial charge in [0, 0.05) is 12.6 Å². The first-order valence-corrected chi connectivity index (χ1v) is 12.2. The average Bonchev–Trinajstić information content (AvgIpc) is 2.77. The Hall–Kier alpha value is -3.02. The van der Waals surface area contributed by atoms with Gasteiger partial charge in [-0.15, -0.1) is 0 Å². The van der Waals surface area contributed by atoms with Crippen LogP contribution in [0.1, 0.15) is 74.6 Å². The average molecular weight is 467 g/mol. The molecular formula is C28H38N2O4. The second-order valence-electron chi connectivity index (χ2n) is 10.3. The predicted octanol–water partition coefficient (Wildman–Crippen LogP) is 5.23. The molecule has 2 unspecified atom stereocenters. The summed E-state index contributed by atoms with van der Waals surface area (Å²) in [5.74, 6) is 0.930. The molecule has 184 valence electrons. The van der Waals surface area contributed by atoms with Crippen LogP contribution < -0.4 is 20.1 Å². The van der Waals surface area contributed by atoms with Gasteiger partial charge in [-0.25, -0.2) is 0 Å². The van der Waals surface area contributed by atoms with Crippen molar-refractivity contribution in [2.75, 3.05) is 19.8 Å². The smallest absolute Gasteiger partial charge is 0.255 e. The molecule has 6 nitrogen and oxygen atoms in total. The molecule has 0 saturated heterocycles. The van der Waals surface area contributed by atoms with E-state index in [1.54, 1.807) is 12.1 Å².